The van der Waals surface area contributed by atoms with Crippen LogP contribution in [0.3, 0.4) is 0 Å². The van der Waals surface area contributed by atoms with E-state index >= 15 is 0 Å². The zero-order valence-electron chi connectivity index (χ0n) is 12.8. The Bertz CT molecular complexity index is 559. The fraction of sp³-hybridized carbons (Fsp3) is 0.500. The summed E-state index contributed by atoms with van der Waals surface area (Å²) in [5.74, 6) is 0. The van der Waals surface area contributed by atoms with Gasteiger partial charge in [0.25, 0.3) is 0 Å². The number of rotatable bonds is 3. The van der Waals surface area contributed by atoms with E-state index in [-0.39, 0.29) is 5.15 Å². The molecular weight excluding hydrogens is 288 g/mol. The molecule has 1 saturated heterocycles. The minimum atomic E-state index is -0.488. The van der Waals surface area contributed by atoms with Crippen molar-refractivity contribution in [2.75, 3.05) is 12.3 Å². The van der Waals surface area contributed by atoms with Crippen molar-refractivity contribution in [3.63, 3.8) is 0 Å². The average molecular weight is 310 g/mol. The van der Waals surface area contributed by atoms with Crippen LogP contribution < -0.4 is 11.5 Å². The van der Waals surface area contributed by atoms with Gasteiger partial charge in [0.15, 0.2) is 5.15 Å². The summed E-state index contributed by atoms with van der Waals surface area (Å²) in [6.07, 6.45) is 1.83. The van der Waals surface area contributed by atoms with Crippen molar-refractivity contribution in [3.8, 4) is 0 Å². The summed E-state index contributed by atoms with van der Waals surface area (Å²) in [5, 5.41) is 0.272. The molecule has 0 spiro atoms. The predicted octanol–water partition coefficient (Wildman–Crippen LogP) is 2.29. The normalized spacial score (nSPS) is 20.9. The van der Waals surface area contributed by atoms with Crippen molar-refractivity contribution in [1.29, 1.82) is 0 Å². The molecule has 2 heterocycles. The van der Waals surface area contributed by atoms with Gasteiger partial charge in [-0.1, -0.05) is 11.6 Å². The van der Waals surface area contributed by atoms with Crippen molar-refractivity contribution in [3.05, 3.63) is 28.5 Å². The quantitative estimate of drug-likeness (QED) is 0.661. The van der Waals surface area contributed by atoms with Gasteiger partial charge in [0, 0.05) is 6.54 Å². The molecule has 1 fully saturated rings. The Balaban J connectivity index is 2.28. The van der Waals surface area contributed by atoms with Crippen LogP contribution in [0.15, 0.2) is 17.6 Å². The van der Waals surface area contributed by atoms with Gasteiger partial charge in [0.1, 0.15) is 0 Å². The van der Waals surface area contributed by atoms with E-state index in [9.17, 15) is 0 Å². The van der Waals surface area contributed by atoms with Gasteiger partial charge in [-0.15, -0.1) is 0 Å². The molecule has 0 bridgehead atoms. The molecule has 7 heteroatoms. The highest BCUT2D eigenvalue weighted by Gasteiger charge is 2.52. The molecule has 2 rings (SSSR count). The Hall–Kier alpha value is -1.08. The number of nitrogens with zero attached hydrogens (tertiary/aromatic N) is 1. The van der Waals surface area contributed by atoms with Crippen LogP contribution in [0.5, 0.6) is 0 Å². The summed E-state index contributed by atoms with van der Waals surface area (Å²) in [5.41, 5.74) is 12.6. The molecule has 1 aliphatic heterocycles. The van der Waals surface area contributed by atoms with E-state index in [2.05, 4.69) is 4.98 Å². The van der Waals surface area contributed by atoms with E-state index in [1.54, 1.807) is 12.1 Å². The first kappa shape index (κ1) is 16.3. The Morgan fingerprint density at radius 2 is 1.86 bits per heavy atom. The smallest absolute Gasteiger partial charge is 0.400 e. The summed E-state index contributed by atoms with van der Waals surface area (Å²) in [4.78, 5) is 4.20. The number of aromatic nitrogens is 1. The van der Waals surface area contributed by atoms with Gasteiger partial charge < -0.3 is 20.8 Å². The maximum Gasteiger partial charge on any atom is 0.491 e. The lowest BCUT2D eigenvalue weighted by Crippen LogP contribution is -2.41. The average Bonchev–Trinajstić information content (AvgIpc) is 2.59. The first-order chi connectivity index (χ1) is 9.66. The van der Waals surface area contributed by atoms with Crippen molar-refractivity contribution in [2.45, 2.75) is 38.9 Å². The van der Waals surface area contributed by atoms with Crippen LogP contribution in [-0.2, 0) is 9.31 Å². The monoisotopic (exact) mass is 309 g/mol. The third-order valence-electron chi connectivity index (χ3n) is 4.02. The Kier molecular flexibility index (Phi) is 4.35. The fourth-order valence-corrected chi connectivity index (χ4v) is 2.11. The van der Waals surface area contributed by atoms with Crippen LogP contribution in [-0.4, -0.2) is 29.8 Å². The highest BCUT2D eigenvalue weighted by atomic mass is 35.5. The molecule has 0 unspecified atom stereocenters. The molecule has 0 saturated carbocycles. The first-order valence-corrected chi connectivity index (χ1v) is 7.22. The topological polar surface area (TPSA) is 83.4 Å². The summed E-state index contributed by atoms with van der Waals surface area (Å²) >= 11 is 5.93. The predicted molar refractivity (Wildman–Crippen MR) is 86.8 cm³/mol. The lowest BCUT2D eigenvalue weighted by atomic mass is 9.77. The van der Waals surface area contributed by atoms with E-state index in [4.69, 9.17) is 32.4 Å². The molecular formula is C14H21BClN3O2. The summed E-state index contributed by atoms with van der Waals surface area (Å²) in [6.45, 7) is 8.30. The number of anilines is 1. The second kappa shape index (κ2) is 5.61. The Morgan fingerprint density at radius 3 is 2.33 bits per heavy atom. The number of hydrogen-bond acceptors (Lipinski definition) is 5. The van der Waals surface area contributed by atoms with Crippen LogP contribution in [0.25, 0.3) is 6.08 Å². The molecule has 1 aromatic heterocycles. The third-order valence-corrected chi connectivity index (χ3v) is 4.33. The number of hydrogen-bond donors (Lipinski definition) is 2. The largest absolute Gasteiger partial charge is 0.491 e. The van der Waals surface area contributed by atoms with E-state index < -0.39 is 18.3 Å². The van der Waals surface area contributed by atoms with Gasteiger partial charge in [0.2, 0.25) is 0 Å². The second-order valence-electron chi connectivity index (χ2n) is 6.13. The molecule has 5 nitrogen and oxygen atoms in total. The molecule has 1 aliphatic rings. The van der Waals surface area contributed by atoms with E-state index in [0.29, 0.717) is 17.9 Å². The number of pyridine rings is 1. The maximum atomic E-state index is 5.99. The van der Waals surface area contributed by atoms with Gasteiger partial charge in [0.05, 0.1) is 22.6 Å². The Morgan fingerprint density at radius 1 is 1.29 bits per heavy atom. The van der Waals surface area contributed by atoms with E-state index in [0.717, 1.165) is 5.47 Å². The standard InChI is InChI=1S/C14H21BClN3O2/c1-13(2)14(3,4)21-15(20-13)9(8-17)7-10-5-6-11(18)12(16)19-10/h5-7H,8,17-18H2,1-4H3. The molecule has 21 heavy (non-hydrogen) atoms. The minimum Gasteiger partial charge on any atom is -0.400 e. The van der Waals surface area contributed by atoms with Crippen LogP contribution in [0.4, 0.5) is 5.69 Å². The van der Waals surface area contributed by atoms with E-state index in [1.807, 2.05) is 33.8 Å². The van der Waals surface area contributed by atoms with Crippen molar-refractivity contribution in [2.24, 2.45) is 5.73 Å². The molecule has 0 aromatic carbocycles. The van der Waals surface area contributed by atoms with Gasteiger partial charge >= 0.3 is 7.12 Å². The van der Waals surface area contributed by atoms with Crippen molar-refractivity contribution >= 4 is 30.5 Å². The van der Waals surface area contributed by atoms with Gasteiger partial charge in [-0.05, 0) is 51.4 Å². The summed E-state index contributed by atoms with van der Waals surface area (Å²) < 4.78 is 12.0. The Labute approximate surface area is 130 Å². The number of nitrogens with two attached hydrogens (primary N) is 2. The third kappa shape index (κ3) is 3.24. The van der Waals surface area contributed by atoms with Gasteiger partial charge in [-0.3, -0.25) is 0 Å². The summed E-state index contributed by atoms with van der Waals surface area (Å²) in [6, 6.07) is 3.49. The van der Waals surface area contributed by atoms with Crippen molar-refractivity contribution in [1.82, 2.24) is 4.98 Å². The van der Waals surface area contributed by atoms with Crippen LogP contribution in [0.1, 0.15) is 33.4 Å². The van der Waals surface area contributed by atoms with Crippen LogP contribution in [0, 0.1) is 0 Å². The SMILES string of the molecule is CC1(C)OB(C(=Cc2ccc(N)c(Cl)n2)CN)OC1(C)C. The van der Waals surface area contributed by atoms with Crippen molar-refractivity contribution < 1.29 is 9.31 Å². The van der Waals surface area contributed by atoms with Crippen LogP contribution in [0.2, 0.25) is 5.15 Å². The highest BCUT2D eigenvalue weighted by molar-refractivity contribution is 6.55. The number of halogens is 1. The molecule has 1 aromatic rings. The molecule has 114 valence electrons. The molecule has 0 amide bonds. The maximum absolute atomic E-state index is 5.99. The zero-order valence-corrected chi connectivity index (χ0v) is 13.6. The zero-order chi connectivity index (χ0) is 15.8. The highest BCUT2D eigenvalue weighted by Crippen LogP contribution is 2.38. The second-order valence-corrected chi connectivity index (χ2v) is 6.49. The fourth-order valence-electron chi connectivity index (χ4n) is 1.95. The first-order valence-electron chi connectivity index (χ1n) is 6.84. The lowest BCUT2D eigenvalue weighted by Gasteiger charge is -2.32. The molecule has 0 radical (unpaired) electrons. The molecule has 4 N–H and O–H groups in total. The van der Waals surface area contributed by atoms with Crippen LogP contribution >= 0.6 is 11.6 Å². The van der Waals surface area contributed by atoms with E-state index in [1.165, 1.54) is 0 Å². The molecule has 0 atom stereocenters. The summed E-state index contributed by atoms with van der Waals surface area (Å²) in [7, 11) is -0.488. The lowest BCUT2D eigenvalue weighted by molar-refractivity contribution is 0.00578. The minimum absolute atomic E-state index is 0.272. The number of nitrogen functional groups attached to an aromatic ring is 1. The van der Waals surface area contributed by atoms with Gasteiger partial charge in [-0.2, -0.15) is 0 Å². The van der Waals surface area contributed by atoms with Gasteiger partial charge in [-0.25, -0.2) is 4.98 Å². The molecule has 0 aliphatic carbocycles.